The number of nitrogens with zero attached hydrogens (tertiary/aromatic N) is 1. The minimum absolute atomic E-state index is 0.0299. The molecule has 0 atom stereocenters. The molecule has 0 spiro atoms. The first-order valence-corrected chi connectivity index (χ1v) is 5.11. The first-order valence-electron chi connectivity index (χ1n) is 5.11. The van der Waals surface area contributed by atoms with Gasteiger partial charge in [0.1, 0.15) is 0 Å². The Morgan fingerprint density at radius 3 is 2.76 bits per heavy atom. The topological polar surface area (TPSA) is 39.2 Å². The van der Waals surface area contributed by atoms with Crippen molar-refractivity contribution in [3.05, 3.63) is 29.6 Å². The van der Waals surface area contributed by atoms with E-state index in [0.717, 1.165) is 18.3 Å². The molecule has 0 aliphatic carbocycles. The highest BCUT2D eigenvalue weighted by molar-refractivity contribution is 5.69. The minimum Gasteiger partial charge on any atom is -0.466 e. The predicted octanol–water partition coefficient (Wildman–Crippen LogP) is 2.60. The fourth-order valence-electron chi connectivity index (χ4n) is 1.25. The maximum Gasteiger partial charge on any atom is 0.416 e. The summed E-state index contributed by atoms with van der Waals surface area (Å²) in [6, 6.07) is 1.84. The molecule has 0 fully saturated rings. The van der Waals surface area contributed by atoms with Gasteiger partial charge < -0.3 is 4.74 Å². The molecule has 0 aromatic carbocycles. The van der Waals surface area contributed by atoms with Gasteiger partial charge in [0.25, 0.3) is 0 Å². The summed E-state index contributed by atoms with van der Waals surface area (Å²) in [4.78, 5) is 14.8. The molecule has 1 aromatic rings. The SMILES string of the molecule is CCOC(=O)CCc1cc(C(F)(F)F)ccn1. The number of ether oxygens (including phenoxy) is 1. The molecular formula is C11H12F3NO2. The molecule has 1 heterocycles. The van der Waals surface area contributed by atoms with E-state index < -0.39 is 17.7 Å². The Bertz CT molecular complexity index is 391. The van der Waals surface area contributed by atoms with E-state index in [1.54, 1.807) is 6.92 Å². The number of hydrogen-bond acceptors (Lipinski definition) is 3. The average Bonchev–Trinajstić information content (AvgIpc) is 2.26. The number of carbonyl (C=O) groups is 1. The number of aryl methyl sites for hydroxylation is 1. The van der Waals surface area contributed by atoms with Crippen molar-refractivity contribution in [3.63, 3.8) is 0 Å². The van der Waals surface area contributed by atoms with Crippen LogP contribution in [0.5, 0.6) is 0 Å². The monoisotopic (exact) mass is 247 g/mol. The molecule has 0 unspecified atom stereocenters. The van der Waals surface area contributed by atoms with Crippen LogP contribution in [-0.4, -0.2) is 17.6 Å². The van der Waals surface area contributed by atoms with Crippen molar-refractivity contribution in [2.45, 2.75) is 25.9 Å². The fraction of sp³-hybridized carbons (Fsp3) is 0.455. The van der Waals surface area contributed by atoms with Crippen molar-refractivity contribution in [2.24, 2.45) is 0 Å². The second-order valence-corrected chi connectivity index (χ2v) is 3.34. The quantitative estimate of drug-likeness (QED) is 0.768. The highest BCUT2D eigenvalue weighted by Crippen LogP contribution is 2.29. The average molecular weight is 247 g/mol. The van der Waals surface area contributed by atoms with Gasteiger partial charge in [-0.1, -0.05) is 0 Å². The van der Waals surface area contributed by atoms with Crippen LogP contribution in [0, 0.1) is 0 Å². The molecular weight excluding hydrogens is 235 g/mol. The Morgan fingerprint density at radius 2 is 2.18 bits per heavy atom. The fourth-order valence-corrected chi connectivity index (χ4v) is 1.25. The Balaban J connectivity index is 2.64. The van der Waals surface area contributed by atoms with E-state index in [1.807, 2.05) is 0 Å². The first kappa shape index (κ1) is 13.5. The van der Waals surface area contributed by atoms with Crippen LogP contribution < -0.4 is 0 Å². The van der Waals surface area contributed by atoms with Gasteiger partial charge in [-0.15, -0.1) is 0 Å². The summed E-state index contributed by atoms with van der Waals surface area (Å²) in [7, 11) is 0. The number of hydrogen-bond donors (Lipinski definition) is 0. The summed E-state index contributed by atoms with van der Waals surface area (Å²) < 4.78 is 41.8. The minimum atomic E-state index is -4.39. The van der Waals surface area contributed by atoms with Crippen molar-refractivity contribution in [1.82, 2.24) is 4.98 Å². The standard InChI is InChI=1S/C11H12F3NO2/c1-2-17-10(16)4-3-9-7-8(5-6-15-9)11(12,13)14/h5-7H,2-4H2,1H3. The lowest BCUT2D eigenvalue weighted by Gasteiger charge is -2.07. The zero-order valence-electron chi connectivity index (χ0n) is 9.25. The van der Waals surface area contributed by atoms with Gasteiger partial charge in [0.15, 0.2) is 0 Å². The second-order valence-electron chi connectivity index (χ2n) is 3.34. The maximum absolute atomic E-state index is 12.4. The lowest BCUT2D eigenvalue weighted by Crippen LogP contribution is -2.08. The van der Waals surface area contributed by atoms with Crippen LogP contribution in [0.2, 0.25) is 0 Å². The van der Waals surface area contributed by atoms with Crippen LogP contribution in [0.25, 0.3) is 0 Å². The molecule has 1 rings (SSSR count). The molecule has 94 valence electrons. The van der Waals surface area contributed by atoms with Gasteiger partial charge in [0, 0.05) is 18.3 Å². The predicted molar refractivity (Wildman–Crippen MR) is 54.2 cm³/mol. The van der Waals surface area contributed by atoms with Gasteiger partial charge in [0.05, 0.1) is 18.6 Å². The lowest BCUT2D eigenvalue weighted by atomic mass is 10.1. The van der Waals surface area contributed by atoms with E-state index >= 15 is 0 Å². The van der Waals surface area contributed by atoms with Gasteiger partial charge in [-0.2, -0.15) is 13.2 Å². The molecule has 0 N–H and O–H groups in total. The number of carbonyl (C=O) groups excluding carboxylic acids is 1. The largest absolute Gasteiger partial charge is 0.466 e. The van der Waals surface area contributed by atoms with Crippen LogP contribution in [0.3, 0.4) is 0 Å². The lowest BCUT2D eigenvalue weighted by molar-refractivity contribution is -0.143. The van der Waals surface area contributed by atoms with E-state index in [9.17, 15) is 18.0 Å². The summed E-state index contributed by atoms with van der Waals surface area (Å²) in [5.41, 5.74) is -0.528. The van der Waals surface area contributed by atoms with E-state index in [4.69, 9.17) is 0 Å². The van der Waals surface area contributed by atoms with E-state index in [1.165, 1.54) is 0 Å². The van der Waals surface area contributed by atoms with Crippen molar-refractivity contribution >= 4 is 5.97 Å². The Kier molecular flexibility index (Phi) is 4.48. The molecule has 0 saturated heterocycles. The van der Waals surface area contributed by atoms with Crippen molar-refractivity contribution in [3.8, 4) is 0 Å². The molecule has 3 nitrogen and oxygen atoms in total. The number of halogens is 3. The molecule has 0 aliphatic rings. The Labute approximate surface area is 96.6 Å². The molecule has 0 bridgehead atoms. The van der Waals surface area contributed by atoms with E-state index in [-0.39, 0.29) is 25.1 Å². The van der Waals surface area contributed by atoms with Gasteiger partial charge >= 0.3 is 12.1 Å². The maximum atomic E-state index is 12.4. The molecule has 17 heavy (non-hydrogen) atoms. The highest BCUT2D eigenvalue weighted by atomic mass is 19.4. The first-order chi connectivity index (χ1) is 7.93. The third-order valence-corrected chi connectivity index (χ3v) is 2.03. The van der Waals surface area contributed by atoms with Crippen LogP contribution in [0.4, 0.5) is 13.2 Å². The van der Waals surface area contributed by atoms with Crippen molar-refractivity contribution in [2.75, 3.05) is 6.61 Å². The summed E-state index contributed by atoms with van der Waals surface area (Å²) in [5, 5.41) is 0. The molecule has 0 amide bonds. The van der Waals surface area contributed by atoms with Gasteiger partial charge in [-0.05, 0) is 19.1 Å². The van der Waals surface area contributed by atoms with E-state index in [2.05, 4.69) is 9.72 Å². The Hall–Kier alpha value is -1.59. The molecule has 1 aromatic heterocycles. The second kappa shape index (κ2) is 5.65. The molecule has 6 heteroatoms. The summed E-state index contributed by atoms with van der Waals surface area (Å²) in [6.07, 6.45) is -3.13. The third kappa shape index (κ3) is 4.42. The normalized spacial score (nSPS) is 11.3. The molecule has 0 saturated carbocycles. The highest BCUT2D eigenvalue weighted by Gasteiger charge is 2.30. The summed E-state index contributed by atoms with van der Waals surface area (Å²) >= 11 is 0. The summed E-state index contributed by atoms with van der Waals surface area (Å²) in [5.74, 6) is -0.438. The Morgan fingerprint density at radius 1 is 1.47 bits per heavy atom. The third-order valence-electron chi connectivity index (χ3n) is 2.03. The van der Waals surface area contributed by atoms with E-state index in [0.29, 0.717) is 0 Å². The van der Waals surface area contributed by atoms with Gasteiger partial charge in [-0.3, -0.25) is 9.78 Å². The van der Waals surface area contributed by atoms with Crippen molar-refractivity contribution < 1.29 is 22.7 Å². The van der Waals surface area contributed by atoms with Crippen LogP contribution in [0.1, 0.15) is 24.6 Å². The number of pyridine rings is 1. The van der Waals surface area contributed by atoms with Gasteiger partial charge in [-0.25, -0.2) is 0 Å². The molecule has 0 aliphatic heterocycles. The van der Waals surface area contributed by atoms with Crippen LogP contribution >= 0.6 is 0 Å². The number of esters is 1. The smallest absolute Gasteiger partial charge is 0.416 e. The van der Waals surface area contributed by atoms with Gasteiger partial charge in [0.2, 0.25) is 0 Å². The zero-order valence-corrected chi connectivity index (χ0v) is 9.25. The zero-order chi connectivity index (χ0) is 12.9. The number of rotatable bonds is 4. The van der Waals surface area contributed by atoms with Crippen LogP contribution in [0.15, 0.2) is 18.3 Å². The van der Waals surface area contributed by atoms with Crippen molar-refractivity contribution in [1.29, 1.82) is 0 Å². The molecule has 0 radical (unpaired) electrons. The summed E-state index contributed by atoms with van der Waals surface area (Å²) in [6.45, 7) is 1.93. The number of alkyl halides is 3. The van der Waals surface area contributed by atoms with Crippen LogP contribution in [-0.2, 0) is 22.1 Å². The number of aromatic nitrogens is 1.